The van der Waals surface area contributed by atoms with E-state index in [1.165, 1.54) is 6.20 Å². The van der Waals surface area contributed by atoms with Gasteiger partial charge in [0, 0.05) is 21.6 Å². The Morgan fingerprint density at radius 3 is 2.86 bits per heavy atom. The van der Waals surface area contributed by atoms with Gasteiger partial charge in [-0.3, -0.25) is 9.82 Å². The Kier molecular flexibility index (Phi) is 5.26. The number of anilines is 1. The summed E-state index contributed by atoms with van der Waals surface area (Å²) in [6.45, 7) is 3.10. The van der Waals surface area contributed by atoms with E-state index in [-0.39, 0.29) is 5.03 Å². The molecule has 21 heavy (non-hydrogen) atoms. The van der Waals surface area contributed by atoms with Crippen molar-refractivity contribution in [2.45, 2.75) is 18.5 Å². The van der Waals surface area contributed by atoms with E-state index in [1.54, 1.807) is 18.2 Å². The molecule has 1 aromatic heterocycles. The van der Waals surface area contributed by atoms with Crippen molar-refractivity contribution >= 4 is 43.2 Å². The van der Waals surface area contributed by atoms with Crippen LogP contribution in [0.1, 0.15) is 12.5 Å². The largest absolute Gasteiger partial charge is 0.313 e. The van der Waals surface area contributed by atoms with E-state index in [2.05, 4.69) is 36.2 Å². The third-order valence-corrected chi connectivity index (χ3v) is 4.96. The summed E-state index contributed by atoms with van der Waals surface area (Å²) in [6.07, 6.45) is 1.49. The third-order valence-electron chi connectivity index (χ3n) is 2.69. The van der Waals surface area contributed by atoms with E-state index in [9.17, 15) is 8.42 Å². The zero-order chi connectivity index (χ0) is 15.5. The highest BCUT2D eigenvalue weighted by atomic mass is 79.9. The van der Waals surface area contributed by atoms with Crippen molar-refractivity contribution in [3.05, 3.63) is 39.5 Å². The Bertz CT molecular complexity index is 733. The van der Waals surface area contributed by atoms with Gasteiger partial charge < -0.3 is 5.32 Å². The molecular formula is C12H14BrClN4O2S. The molecule has 0 bridgehead atoms. The molecule has 0 aliphatic carbocycles. The highest BCUT2D eigenvalue weighted by Gasteiger charge is 2.21. The number of nitrogens with zero attached hydrogens (tertiary/aromatic N) is 1. The van der Waals surface area contributed by atoms with Gasteiger partial charge in [0.05, 0.1) is 11.9 Å². The highest BCUT2D eigenvalue weighted by Crippen LogP contribution is 2.28. The smallest absolute Gasteiger partial charge is 0.279 e. The predicted octanol–water partition coefficient (Wildman–Crippen LogP) is 2.74. The summed E-state index contributed by atoms with van der Waals surface area (Å²) in [5.74, 6) is 0. The van der Waals surface area contributed by atoms with Crippen LogP contribution in [0.25, 0.3) is 0 Å². The van der Waals surface area contributed by atoms with Gasteiger partial charge >= 0.3 is 0 Å². The minimum Gasteiger partial charge on any atom is -0.313 e. The van der Waals surface area contributed by atoms with Gasteiger partial charge in [-0.25, -0.2) is 0 Å². The molecule has 0 saturated carbocycles. The summed E-state index contributed by atoms with van der Waals surface area (Å²) >= 11 is 9.11. The Morgan fingerprint density at radius 1 is 1.43 bits per heavy atom. The highest BCUT2D eigenvalue weighted by molar-refractivity contribution is 9.10. The summed E-state index contributed by atoms with van der Waals surface area (Å²) < 4.78 is 27.9. The molecule has 6 nitrogen and oxygen atoms in total. The lowest BCUT2D eigenvalue weighted by atomic mass is 10.3. The van der Waals surface area contributed by atoms with Gasteiger partial charge in [0.25, 0.3) is 10.0 Å². The molecule has 0 spiro atoms. The standard InChI is InChI=1S/C12H14BrClN4O2S/c1-2-15-6-8-7-16-17-12(8)21(19,20)18-11-4-3-9(14)5-10(11)13/h3-5,7,15,18H,2,6H2,1H3,(H,16,17). The number of aromatic amines is 1. The van der Waals surface area contributed by atoms with Gasteiger partial charge in [-0.1, -0.05) is 18.5 Å². The van der Waals surface area contributed by atoms with Crippen LogP contribution >= 0.6 is 27.5 Å². The molecule has 114 valence electrons. The first kappa shape index (κ1) is 16.3. The average Bonchev–Trinajstić information content (AvgIpc) is 2.89. The van der Waals surface area contributed by atoms with E-state index in [1.807, 2.05) is 6.92 Å². The molecule has 1 heterocycles. The van der Waals surface area contributed by atoms with E-state index in [0.717, 1.165) is 6.54 Å². The molecule has 0 atom stereocenters. The fourth-order valence-electron chi connectivity index (χ4n) is 1.69. The third kappa shape index (κ3) is 3.97. The van der Waals surface area contributed by atoms with Gasteiger partial charge in [0.2, 0.25) is 0 Å². The van der Waals surface area contributed by atoms with Crippen LogP contribution in [0, 0.1) is 0 Å². The maximum atomic E-state index is 12.4. The van der Waals surface area contributed by atoms with Crippen LogP contribution in [0.3, 0.4) is 0 Å². The molecule has 0 aliphatic rings. The summed E-state index contributed by atoms with van der Waals surface area (Å²) in [5.41, 5.74) is 0.984. The van der Waals surface area contributed by atoms with Crippen LogP contribution in [0.5, 0.6) is 0 Å². The van der Waals surface area contributed by atoms with Crippen molar-refractivity contribution in [3.63, 3.8) is 0 Å². The number of rotatable bonds is 6. The topological polar surface area (TPSA) is 86.9 Å². The molecular weight excluding hydrogens is 380 g/mol. The number of H-pyrrole nitrogens is 1. The van der Waals surface area contributed by atoms with Gasteiger partial charge in [-0.2, -0.15) is 13.5 Å². The SMILES string of the molecule is CCNCc1cn[nH]c1S(=O)(=O)Nc1ccc(Cl)cc1Br. The van der Waals surface area contributed by atoms with Crippen molar-refractivity contribution in [1.29, 1.82) is 0 Å². The lowest BCUT2D eigenvalue weighted by Crippen LogP contribution is -2.18. The monoisotopic (exact) mass is 392 g/mol. The van der Waals surface area contributed by atoms with Gasteiger partial charge in [0.15, 0.2) is 5.03 Å². The van der Waals surface area contributed by atoms with Crippen molar-refractivity contribution in [1.82, 2.24) is 15.5 Å². The van der Waals surface area contributed by atoms with Gasteiger partial charge in [-0.15, -0.1) is 0 Å². The number of nitrogens with one attached hydrogen (secondary N) is 3. The first-order valence-electron chi connectivity index (χ1n) is 6.15. The van der Waals surface area contributed by atoms with Crippen LogP contribution in [-0.4, -0.2) is 25.2 Å². The lowest BCUT2D eigenvalue weighted by Gasteiger charge is -2.10. The molecule has 0 fully saturated rings. The zero-order valence-electron chi connectivity index (χ0n) is 11.2. The number of hydrogen-bond donors (Lipinski definition) is 3. The van der Waals surface area contributed by atoms with Crippen molar-refractivity contribution < 1.29 is 8.42 Å². The molecule has 0 amide bonds. The molecule has 2 rings (SSSR count). The first-order chi connectivity index (χ1) is 9.94. The van der Waals surface area contributed by atoms with Crippen LogP contribution in [0.2, 0.25) is 5.02 Å². The number of halogens is 2. The Labute approximate surface area is 136 Å². The van der Waals surface area contributed by atoms with Crippen LogP contribution < -0.4 is 10.0 Å². The minimum absolute atomic E-state index is 0.0466. The molecule has 0 saturated heterocycles. The number of benzene rings is 1. The Morgan fingerprint density at radius 2 is 2.19 bits per heavy atom. The lowest BCUT2D eigenvalue weighted by molar-refractivity contribution is 0.594. The molecule has 9 heteroatoms. The molecule has 1 aromatic carbocycles. The first-order valence-corrected chi connectivity index (χ1v) is 8.80. The van der Waals surface area contributed by atoms with Crippen molar-refractivity contribution in [2.75, 3.05) is 11.3 Å². The minimum atomic E-state index is -3.75. The van der Waals surface area contributed by atoms with E-state index < -0.39 is 10.0 Å². The average molecular weight is 394 g/mol. The van der Waals surface area contributed by atoms with Gasteiger partial charge in [-0.05, 0) is 40.7 Å². The fourth-order valence-corrected chi connectivity index (χ4v) is 3.81. The van der Waals surface area contributed by atoms with E-state index >= 15 is 0 Å². The van der Waals surface area contributed by atoms with Crippen molar-refractivity contribution in [3.8, 4) is 0 Å². The normalized spacial score (nSPS) is 11.6. The Balaban J connectivity index is 2.28. The summed E-state index contributed by atoms with van der Waals surface area (Å²) in [6, 6.07) is 4.81. The summed E-state index contributed by atoms with van der Waals surface area (Å²) in [4.78, 5) is 0. The van der Waals surface area contributed by atoms with Crippen LogP contribution in [0.4, 0.5) is 5.69 Å². The second kappa shape index (κ2) is 6.78. The Hall–Kier alpha value is -1.09. The number of sulfonamides is 1. The molecule has 0 unspecified atom stereocenters. The molecule has 0 radical (unpaired) electrons. The fraction of sp³-hybridized carbons (Fsp3) is 0.250. The summed E-state index contributed by atoms with van der Waals surface area (Å²) in [5, 5.41) is 9.95. The molecule has 3 N–H and O–H groups in total. The predicted molar refractivity (Wildman–Crippen MR) is 85.9 cm³/mol. The second-order valence-corrected chi connectivity index (χ2v) is 7.14. The van der Waals surface area contributed by atoms with E-state index in [0.29, 0.717) is 27.3 Å². The molecule has 2 aromatic rings. The maximum absolute atomic E-state index is 12.4. The number of aromatic nitrogens is 2. The van der Waals surface area contributed by atoms with Crippen LogP contribution in [0.15, 0.2) is 33.9 Å². The summed E-state index contributed by atoms with van der Waals surface area (Å²) in [7, 11) is -3.75. The zero-order valence-corrected chi connectivity index (χ0v) is 14.3. The van der Waals surface area contributed by atoms with Crippen molar-refractivity contribution in [2.24, 2.45) is 0 Å². The maximum Gasteiger partial charge on any atom is 0.279 e. The quantitative estimate of drug-likeness (QED) is 0.704. The second-order valence-electron chi connectivity index (χ2n) is 4.23. The van der Waals surface area contributed by atoms with Gasteiger partial charge in [0.1, 0.15) is 0 Å². The molecule has 0 aliphatic heterocycles. The number of hydrogen-bond acceptors (Lipinski definition) is 4. The van der Waals surface area contributed by atoms with E-state index in [4.69, 9.17) is 11.6 Å². The van der Waals surface area contributed by atoms with Crippen LogP contribution in [-0.2, 0) is 16.6 Å².